The van der Waals surface area contributed by atoms with E-state index in [0.29, 0.717) is 46.9 Å². The Morgan fingerprint density at radius 1 is 0.886 bits per heavy atom. The Kier molecular flexibility index (Phi) is 14.3. The second-order valence-corrected chi connectivity index (χ2v) is 9.28. The van der Waals surface area contributed by atoms with Gasteiger partial charge in [-0.3, -0.25) is 9.59 Å². The predicted molar refractivity (Wildman–Crippen MR) is 137 cm³/mol. The Bertz CT molecular complexity index is 900. The second-order valence-electron chi connectivity index (χ2n) is 9.28. The zero-order chi connectivity index (χ0) is 24.8. The van der Waals surface area contributed by atoms with Gasteiger partial charge in [0.15, 0.2) is 23.8 Å². The predicted octanol–water partition coefficient (Wildman–Crippen LogP) is 2.62. The highest BCUT2D eigenvalue weighted by Crippen LogP contribution is 2.31. The summed E-state index contributed by atoms with van der Waals surface area (Å²) in [5, 5.41) is 3.04. The number of Topliss-reactive ketones (excluding diaryl/α,β-unsaturated/α-hetero) is 1. The fourth-order valence-corrected chi connectivity index (χ4v) is 3.67. The lowest BCUT2D eigenvalue weighted by Crippen LogP contribution is -3.00. The van der Waals surface area contributed by atoms with Crippen molar-refractivity contribution in [2.45, 2.75) is 52.4 Å². The van der Waals surface area contributed by atoms with Gasteiger partial charge in [-0.15, -0.1) is 0 Å². The zero-order valence-electron chi connectivity index (χ0n) is 21.6. The summed E-state index contributed by atoms with van der Waals surface area (Å²) >= 11 is 0. The van der Waals surface area contributed by atoms with Crippen molar-refractivity contribution < 1.29 is 40.5 Å². The first kappa shape index (κ1) is 30.7. The Hall–Kier alpha value is -2.38. The third kappa shape index (κ3) is 11.7. The molecule has 0 aliphatic rings. The Labute approximate surface area is 221 Å². The van der Waals surface area contributed by atoms with Crippen LogP contribution in [0.15, 0.2) is 48.5 Å². The molecule has 0 saturated carbocycles. The SMILES string of the molecule is CCCCCCNC(=O)C[N+](C)(C)CCCOc1ccccc1Oc1ccc(C(=O)CC)cc1.[Br-]. The second kappa shape index (κ2) is 16.3. The number of quaternary nitrogens is 1. The maximum Gasteiger partial charge on any atom is 0.275 e. The van der Waals surface area contributed by atoms with Crippen LogP contribution in [0.25, 0.3) is 0 Å². The molecule has 0 unspecified atom stereocenters. The summed E-state index contributed by atoms with van der Waals surface area (Å²) in [5.41, 5.74) is 0.685. The molecule has 0 aliphatic heterocycles. The number of benzene rings is 2. The maximum absolute atomic E-state index is 12.2. The standard InChI is InChI=1S/C28H40N2O4.BrH/c1-5-7-8-11-19-29-28(32)22-30(3,4)20-12-21-33-26-13-9-10-14-27(26)34-24-17-15-23(16-18-24)25(31)6-2;/h9-10,13-18H,5-8,11-12,19-22H2,1-4H3;1H. The molecular formula is C28H41BrN2O4. The van der Waals surface area contributed by atoms with E-state index in [0.717, 1.165) is 25.9 Å². The highest BCUT2D eigenvalue weighted by Gasteiger charge is 2.19. The van der Waals surface area contributed by atoms with Crippen LogP contribution in [0.4, 0.5) is 0 Å². The Balaban J connectivity index is 0.00000612. The van der Waals surface area contributed by atoms with Crippen LogP contribution in [0, 0.1) is 0 Å². The number of amides is 1. The van der Waals surface area contributed by atoms with Gasteiger partial charge in [-0.1, -0.05) is 45.2 Å². The van der Waals surface area contributed by atoms with Crippen LogP contribution in [-0.4, -0.2) is 56.5 Å². The van der Waals surface area contributed by atoms with Crippen molar-refractivity contribution >= 4 is 11.7 Å². The number of unbranched alkanes of at least 4 members (excludes halogenated alkanes) is 3. The van der Waals surface area contributed by atoms with E-state index in [4.69, 9.17) is 9.47 Å². The minimum atomic E-state index is 0. The van der Waals surface area contributed by atoms with Crippen LogP contribution in [-0.2, 0) is 4.79 Å². The lowest BCUT2D eigenvalue weighted by Gasteiger charge is -2.29. The Morgan fingerprint density at radius 2 is 1.57 bits per heavy atom. The summed E-state index contributed by atoms with van der Waals surface area (Å²) in [4.78, 5) is 24.1. The van der Waals surface area contributed by atoms with Crippen molar-refractivity contribution in [2.75, 3.05) is 40.3 Å². The molecule has 0 saturated heterocycles. The molecule has 1 N–H and O–H groups in total. The maximum atomic E-state index is 12.2. The number of halogens is 1. The van der Waals surface area contributed by atoms with E-state index >= 15 is 0 Å². The number of carbonyl (C=O) groups excluding carboxylic acids is 2. The number of ketones is 1. The summed E-state index contributed by atoms with van der Waals surface area (Å²) in [5.74, 6) is 2.18. The number of hydrogen-bond acceptors (Lipinski definition) is 4. The van der Waals surface area contributed by atoms with Gasteiger partial charge in [0.25, 0.3) is 5.91 Å². The van der Waals surface area contributed by atoms with Crippen LogP contribution in [0.3, 0.4) is 0 Å². The van der Waals surface area contributed by atoms with Crippen LogP contribution >= 0.6 is 0 Å². The molecule has 0 bridgehead atoms. The molecule has 0 spiro atoms. The molecule has 194 valence electrons. The number of hydrogen-bond donors (Lipinski definition) is 1. The van der Waals surface area contributed by atoms with E-state index in [2.05, 4.69) is 26.3 Å². The topological polar surface area (TPSA) is 64.6 Å². The number of carbonyl (C=O) groups is 2. The number of likely N-dealkylation sites (N-methyl/N-ethyl adjacent to an activating group) is 1. The molecule has 2 aromatic carbocycles. The summed E-state index contributed by atoms with van der Waals surface area (Å²) in [6.45, 7) is 6.62. The summed E-state index contributed by atoms with van der Waals surface area (Å²) in [6.07, 6.45) is 5.93. The molecule has 7 heteroatoms. The number of para-hydroxylation sites is 2. The zero-order valence-corrected chi connectivity index (χ0v) is 23.2. The Morgan fingerprint density at radius 3 is 2.23 bits per heavy atom. The van der Waals surface area contributed by atoms with Crippen molar-refractivity contribution in [3.63, 3.8) is 0 Å². The molecule has 0 aliphatic carbocycles. The van der Waals surface area contributed by atoms with Gasteiger partial charge in [0, 0.05) is 24.9 Å². The molecule has 0 heterocycles. The van der Waals surface area contributed by atoms with Crippen molar-refractivity contribution in [1.82, 2.24) is 5.32 Å². The molecule has 6 nitrogen and oxygen atoms in total. The molecule has 35 heavy (non-hydrogen) atoms. The van der Waals surface area contributed by atoms with Crippen LogP contribution in [0.5, 0.6) is 17.2 Å². The van der Waals surface area contributed by atoms with E-state index in [9.17, 15) is 9.59 Å². The van der Waals surface area contributed by atoms with E-state index in [1.165, 1.54) is 19.3 Å². The molecule has 0 fully saturated rings. The largest absolute Gasteiger partial charge is 1.00 e. The third-order valence-corrected chi connectivity index (χ3v) is 5.66. The molecule has 2 aromatic rings. The number of nitrogens with one attached hydrogen (secondary N) is 1. The highest BCUT2D eigenvalue weighted by atomic mass is 79.9. The monoisotopic (exact) mass is 548 g/mol. The van der Waals surface area contributed by atoms with Crippen LogP contribution in [0.1, 0.15) is 62.7 Å². The lowest BCUT2D eigenvalue weighted by atomic mass is 10.1. The minimum Gasteiger partial charge on any atom is -1.00 e. The first-order valence-electron chi connectivity index (χ1n) is 12.5. The van der Waals surface area contributed by atoms with E-state index in [1.807, 2.05) is 31.2 Å². The molecule has 0 radical (unpaired) electrons. The number of nitrogens with zero attached hydrogens (tertiary/aromatic N) is 1. The average molecular weight is 550 g/mol. The first-order chi connectivity index (χ1) is 16.3. The number of rotatable bonds is 16. The summed E-state index contributed by atoms with van der Waals surface area (Å²) in [7, 11) is 4.14. The van der Waals surface area contributed by atoms with Gasteiger partial charge in [-0.2, -0.15) is 0 Å². The van der Waals surface area contributed by atoms with E-state index in [1.54, 1.807) is 24.3 Å². The van der Waals surface area contributed by atoms with Gasteiger partial charge in [0.1, 0.15) is 5.75 Å². The molecule has 0 atom stereocenters. The molecule has 1 amide bonds. The molecule has 2 rings (SSSR count). The van der Waals surface area contributed by atoms with Crippen LogP contribution in [0.2, 0.25) is 0 Å². The summed E-state index contributed by atoms with van der Waals surface area (Å²) < 4.78 is 12.6. The van der Waals surface area contributed by atoms with Gasteiger partial charge >= 0.3 is 0 Å². The van der Waals surface area contributed by atoms with Gasteiger partial charge < -0.3 is 36.3 Å². The smallest absolute Gasteiger partial charge is 0.275 e. The van der Waals surface area contributed by atoms with E-state index in [-0.39, 0.29) is 28.7 Å². The van der Waals surface area contributed by atoms with Crippen molar-refractivity contribution in [2.24, 2.45) is 0 Å². The van der Waals surface area contributed by atoms with Gasteiger partial charge in [-0.05, 0) is 42.8 Å². The molecule has 0 aromatic heterocycles. The number of ether oxygens (including phenoxy) is 2. The van der Waals surface area contributed by atoms with E-state index < -0.39 is 0 Å². The fourth-order valence-electron chi connectivity index (χ4n) is 3.67. The summed E-state index contributed by atoms with van der Waals surface area (Å²) in [6, 6.07) is 14.7. The highest BCUT2D eigenvalue weighted by molar-refractivity contribution is 5.95. The van der Waals surface area contributed by atoms with Crippen LogP contribution < -0.4 is 31.8 Å². The van der Waals surface area contributed by atoms with Crippen molar-refractivity contribution in [3.05, 3.63) is 54.1 Å². The first-order valence-corrected chi connectivity index (χ1v) is 12.5. The minimum absolute atomic E-state index is 0. The van der Waals surface area contributed by atoms with Gasteiger partial charge in [0.2, 0.25) is 0 Å². The lowest BCUT2D eigenvalue weighted by molar-refractivity contribution is -0.882. The fraction of sp³-hybridized carbons (Fsp3) is 0.500. The van der Waals surface area contributed by atoms with Gasteiger partial charge in [-0.25, -0.2) is 0 Å². The quantitative estimate of drug-likeness (QED) is 0.199. The average Bonchev–Trinajstić information content (AvgIpc) is 2.82. The normalized spacial score (nSPS) is 10.9. The molecular weight excluding hydrogens is 508 g/mol. The van der Waals surface area contributed by atoms with Gasteiger partial charge in [0.05, 0.1) is 27.2 Å². The third-order valence-electron chi connectivity index (χ3n) is 5.66. The van der Waals surface area contributed by atoms with Crippen molar-refractivity contribution in [3.8, 4) is 17.2 Å². The van der Waals surface area contributed by atoms with Crippen molar-refractivity contribution in [1.29, 1.82) is 0 Å².